The van der Waals surface area contributed by atoms with Crippen molar-refractivity contribution in [2.75, 3.05) is 13.1 Å². The van der Waals surface area contributed by atoms with Gasteiger partial charge in [0.15, 0.2) is 5.82 Å². The van der Waals surface area contributed by atoms with Crippen molar-refractivity contribution in [3.8, 4) is 0 Å². The summed E-state index contributed by atoms with van der Waals surface area (Å²) in [5.74, 6) is 0.132. The van der Waals surface area contributed by atoms with Gasteiger partial charge in [-0.3, -0.25) is 4.79 Å². The van der Waals surface area contributed by atoms with E-state index in [4.69, 9.17) is 9.63 Å². The van der Waals surface area contributed by atoms with Crippen LogP contribution in [0.3, 0.4) is 0 Å². The summed E-state index contributed by atoms with van der Waals surface area (Å²) in [6, 6.07) is 0. The molecule has 3 N–H and O–H groups in total. The number of rotatable bonds is 6. The molecule has 20 heavy (non-hydrogen) atoms. The average molecular weight is 283 g/mol. The Morgan fingerprint density at radius 1 is 1.50 bits per heavy atom. The predicted octanol–water partition coefficient (Wildman–Crippen LogP) is 0.516. The van der Waals surface area contributed by atoms with E-state index in [-0.39, 0.29) is 5.92 Å². The van der Waals surface area contributed by atoms with Crippen LogP contribution in [0.5, 0.6) is 0 Å². The normalized spacial score (nSPS) is 26.6. The molecular weight excluding hydrogens is 262 g/mol. The number of nitrogens with one attached hydrogen (secondary N) is 1. The van der Waals surface area contributed by atoms with Gasteiger partial charge in [-0.15, -0.1) is 0 Å². The van der Waals surface area contributed by atoms with E-state index in [9.17, 15) is 9.90 Å². The average Bonchev–Trinajstić information content (AvgIpc) is 2.81. The van der Waals surface area contributed by atoms with Crippen LogP contribution in [0, 0.1) is 12.8 Å². The van der Waals surface area contributed by atoms with Gasteiger partial charge in [0.2, 0.25) is 5.89 Å². The minimum atomic E-state index is -0.793. The van der Waals surface area contributed by atoms with Gasteiger partial charge in [0, 0.05) is 26.4 Å². The molecule has 2 rings (SSSR count). The quantitative estimate of drug-likeness (QED) is 0.653. The first kappa shape index (κ1) is 14.9. The maximum Gasteiger partial charge on any atom is 0.306 e. The standard InChI is InChI=1S/C13H21N3O4/c1-9-15-11(16-20-9)4-7-14-8-13(19)5-2-10(3-6-13)12(17)18/h10,14,19H,2-8H2,1H3,(H,17,18). The minimum absolute atomic E-state index is 0.308. The summed E-state index contributed by atoms with van der Waals surface area (Å²) in [4.78, 5) is 15.0. The Bertz CT molecular complexity index is 452. The highest BCUT2D eigenvalue weighted by molar-refractivity contribution is 5.70. The van der Waals surface area contributed by atoms with Crippen molar-refractivity contribution >= 4 is 5.97 Å². The summed E-state index contributed by atoms with van der Waals surface area (Å²) in [5, 5.41) is 26.3. The van der Waals surface area contributed by atoms with Crippen LogP contribution in [-0.2, 0) is 11.2 Å². The van der Waals surface area contributed by atoms with Crippen molar-refractivity contribution in [2.24, 2.45) is 5.92 Å². The highest BCUT2D eigenvalue weighted by Crippen LogP contribution is 2.31. The lowest BCUT2D eigenvalue weighted by atomic mass is 9.79. The lowest BCUT2D eigenvalue weighted by Crippen LogP contribution is -2.44. The van der Waals surface area contributed by atoms with Crippen LogP contribution in [-0.4, -0.2) is 45.0 Å². The smallest absolute Gasteiger partial charge is 0.306 e. The first-order valence-corrected chi connectivity index (χ1v) is 6.94. The van der Waals surface area contributed by atoms with Crippen molar-refractivity contribution in [2.45, 2.75) is 44.6 Å². The fraction of sp³-hybridized carbons (Fsp3) is 0.769. The van der Waals surface area contributed by atoms with Crippen molar-refractivity contribution in [1.29, 1.82) is 0 Å². The SMILES string of the molecule is Cc1nc(CCNCC2(O)CCC(C(=O)O)CC2)no1. The number of hydrogen-bond acceptors (Lipinski definition) is 6. The molecule has 0 saturated heterocycles. The zero-order valence-electron chi connectivity index (χ0n) is 11.6. The van der Waals surface area contributed by atoms with Crippen LogP contribution in [0.4, 0.5) is 0 Å². The molecule has 0 atom stereocenters. The fourth-order valence-corrected chi connectivity index (χ4v) is 2.54. The van der Waals surface area contributed by atoms with Gasteiger partial charge in [-0.25, -0.2) is 0 Å². The van der Waals surface area contributed by atoms with E-state index in [0.29, 0.717) is 56.9 Å². The van der Waals surface area contributed by atoms with Gasteiger partial charge in [0.05, 0.1) is 11.5 Å². The first-order valence-electron chi connectivity index (χ1n) is 6.94. The van der Waals surface area contributed by atoms with Crippen LogP contribution in [0.1, 0.15) is 37.4 Å². The molecule has 7 nitrogen and oxygen atoms in total. The van der Waals surface area contributed by atoms with Gasteiger partial charge in [-0.05, 0) is 25.7 Å². The summed E-state index contributed by atoms with van der Waals surface area (Å²) in [5.41, 5.74) is -0.793. The molecule has 0 aromatic carbocycles. The highest BCUT2D eigenvalue weighted by atomic mass is 16.5. The van der Waals surface area contributed by atoms with E-state index in [0.717, 1.165) is 0 Å². The second-order valence-corrected chi connectivity index (χ2v) is 5.49. The number of aryl methyl sites for hydroxylation is 1. The Morgan fingerprint density at radius 3 is 2.75 bits per heavy atom. The molecule has 0 radical (unpaired) electrons. The number of carboxylic acids is 1. The van der Waals surface area contributed by atoms with E-state index < -0.39 is 11.6 Å². The maximum atomic E-state index is 10.9. The third-order valence-electron chi connectivity index (χ3n) is 3.81. The molecule has 7 heteroatoms. The number of nitrogens with zero attached hydrogens (tertiary/aromatic N) is 2. The zero-order valence-corrected chi connectivity index (χ0v) is 11.6. The molecule has 0 bridgehead atoms. The minimum Gasteiger partial charge on any atom is -0.481 e. The van der Waals surface area contributed by atoms with Gasteiger partial charge in [0.25, 0.3) is 0 Å². The first-order chi connectivity index (χ1) is 9.48. The van der Waals surface area contributed by atoms with Gasteiger partial charge in [-0.2, -0.15) is 4.98 Å². The molecule has 1 heterocycles. The lowest BCUT2D eigenvalue weighted by Gasteiger charge is -2.34. The van der Waals surface area contributed by atoms with E-state index in [1.165, 1.54) is 0 Å². The Balaban J connectivity index is 1.67. The van der Waals surface area contributed by atoms with Gasteiger partial charge < -0.3 is 20.1 Å². The molecule has 1 saturated carbocycles. The van der Waals surface area contributed by atoms with Crippen LogP contribution in [0.25, 0.3) is 0 Å². The summed E-state index contributed by atoms with van der Waals surface area (Å²) >= 11 is 0. The number of carbonyl (C=O) groups is 1. The number of aromatic nitrogens is 2. The van der Waals surface area contributed by atoms with Gasteiger partial charge in [0.1, 0.15) is 0 Å². The Morgan fingerprint density at radius 2 is 2.20 bits per heavy atom. The zero-order chi connectivity index (χ0) is 14.6. The Hall–Kier alpha value is -1.47. The molecule has 0 aliphatic heterocycles. The van der Waals surface area contributed by atoms with Crippen LogP contribution in [0.15, 0.2) is 4.52 Å². The molecule has 112 valence electrons. The topological polar surface area (TPSA) is 108 Å². The Kier molecular flexibility index (Phi) is 4.72. The van der Waals surface area contributed by atoms with Gasteiger partial charge >= 0.3 is 5.97 Å². The molecule has 1 fully saturated rings. The molecule has 1 aliphatic rings. The second kappa shape index (κ2) is 6.32. The van der Waals surface area contributed by atoms with Crippen LogP contribution in [0.2, 0.25) is 0 Å². The van der Waals surface area contributed by atoms with Gasteiger partial charge in [-0.1, -0.05) is 5.16 Å². The Labute approximate surface area is 117 Å². The number of aliphatic carboxylic acids is 1. The van der Waals surface area contributed by atoms with E-state index in [2.05, 4.69) is 15.5 Å². The van der Waals surface area contributed by atoms with Crippen molar-refractivity contribution in [3.05, 3.63) is 11.7 Å². The third kappa shape index (κ3) is 4.01. The summed E-state index contributed by atoms with van der Waals surface area (Å²) in [6.07, 6.45) is 2.77. The fourth-order valence-electron chi connectivity index (χ4n) is 2.54. The van der Waals surface area contributed by atoms with Crippen LogP contribution >= 0.6 is 0 Å². The number of hydrogen-bond donors (Lipinski definition) is 3. The summed E-state index contributed by atoms with van der Waals surface area (Å²) in [7, 11) is 0. The van der Waals surface area contributed by atoms with Crippen molar-refractivity contribution in [3.63, 3.8) is 0 Å². The second-order valence-electron chi connectivity index (χ2n) is 5.49. The van der Waals surface area contributed by atoms with Crippen molar-refractivity contribution in [1.82, 2.24) is 15.5 Å². The molecule has 0 unspecified atom stereocenters. The monoisotopic (exact) mass is 283 g/mol. The number of carboxylic acid groups (broad SMARTS) is 1. The third-order valence-corrected chi connectivity index (χ3v) is 3.81. The predicted molar refractivity (Wildman–Crippen MR) is 70.2 cm³/mol. The van der Waals surface area contributed by atoms with E-state index in [1.807, 2.05) is 0 Å². The maximum absolute atomic E-state index is 10.9. The van der Waals surface area contributed by atoms with Crippen LogP contribution < -0.4 is 5.32 Å². The molecule has 1 aromatic rings. The molecule has 0 amide bonds. The largest absolute Gasteiger partial charge is 0.481 e. The number of aliphatic hydroxyl groups is 1. The molecule has 1 aromatic heterocycles. The summed E-state index contributed by atoms with van der Waals surface area (Å²) < 4.78 is 4.87. The molecule has 0 spiro atoms. The molecule has 1 aliphatic carbocycles. The summed E-state index contributed by atoms with van der Waals surface area (Å²) in [6.45, 7) is 2.87. The van der Waals surface area contributed by atoms with E-state index in [1.54, 1.807) is 6.92 Å². The highest BCUT2D eigenvalue weighted by Gasteiger charge is 2.35. The van der Waals surface area contributed by atoms with Crippen molar-refractivity contribution < 1.29 is 19.5 Å². The molecular formula is C13H21N3O4. The van der Waals surface area contributed by atoms with E-state index >= 15 is 0 Å². The lowest BCUT2D eigenvalue weighted by molar-refractivity contribution is -0.144.